The van der Waals surface area contributed by atoms with Crippen LogP contribution in [0.3, 0.4) is 0 Å². The summed E-state index contributed by atoms with van der Waals surface area (Å²) in [7, 11) is 0. The molecule has 0 aromatic heterocycles. The highest BCUT2D eigenvalue weighted by atomic mass is 19.3. The Labute approximate surface area is 176 Å². The Balaban J connectivity index is 1.64. The molecule has 0 spiro atoms. The molecular formula is C21H20F4N2O4. The minimum Gasteiger partial charge on any atom is -0.435 e. The van der Waals surface area contributed by atoms with Crippen LogP contribution in [0, 0.1) is 0 Å². The number of benzene rings is 2. The predicted octanol–water partition coefficient (Wildman–Crippen LogP) is 4.38. The summed E-state index contributed by atoms with van der Waals surface area (Å²) >= 11 is 0. The van der Waals surface area contributed by atoms with E-state index in [4.69, 9.17) is 4.74 Å². The summed E-state index contributed by atoms with van der Waals surface area (Å²) in [5, 5.41) is 2.66. The zero-order valence-corrected chi connectivity index (χ0v) is 16.3. The van der Waals surface area contributed by atoms with Crippen molar-refractivity contribution in [1.82, 2.24) is 0 Å². The van der Waals surface area contributed by atoms with Gasteiger partial charge in [-0.05, 0) is 42.5 Å². The monoisotopic (exact) mass is 440 g/mol. The molecule has 1 amide bonds. The molecule has 3 rings (SSSR count). The van der Waals surface area contributed by atoms with Crippen LogP contribution in [0.1, 0.15) is 5.56 Å². The van der Waals surface area contributed by atoms with E-state index in [-0.39, 0.29) is 11.3 Å². The second kappa shape index (κ2) is 10.7. The molecule has 2 aromatic rings. The van der Waals surface area contributed by atoms with Gasteiger partial charge in [-0.15, -0.1) is 0 Å². The summed E-state index contributed by atoms with van der Waals surface area (Å²) in [5.41, 5.74) is 1.66. The fraction of sp³-hybridized carbons (Fsp3) is 0.286. The zero-order chi connectivity index (χ0) is 22.2. The van der Waals surface area contributed by atoms with Crippen molar-refractivity contribution in [2.24, 2.45) is 0 Å². The highest BCUT2D eigenvalue weighted by molar-refractivity contribution is 6.02. The van der Waals surface area contributed by atoms with Gasteiger partial charge >= 0.3 is 13.2 Å². The van der Waals surface area contributed by atoms with Crippen LogP contribution in [0.25, 0.3) is 6.08 Å². The Morgan fingerprint density at radius 3 is 2.32 bits per heavy atom. The molecule has 0 aliphatic carbocycles. The number of anilines is 2. The Bertz CT molecular complexity index is 901. The molecule has 2 aromatic carbocycles. The molecule has 166 valence electrons. The number of rotatable bonds is 8. The van der Waals surface area contributed by atoms with Gasteiger partial charge in [0.1, 0.15) is 11.5 Å². The van der Waals surface area contributed by atoms with Gasteiger partial charge in [0, 0.05) is 42.2 Å². The highest BCUT2D eigenvalue weighted by Crippen LogP contribution is 2.28. The number of nitrogens with zero attached hydrogens (tertiary/aromatic N) is 1. The summed E-state index contributed by atoms with van der Waals surface area (Å²) in [4.78, 5) is 14.3. The van der Waals surface area contributed by atoms with E-state index in [9.17, 15) is 22.4 Å². The maximum Gasteiger partial charge on any atom is 0.387 e. The Morgan fingerprint density at radius 1 is 1.00 bits per heavy atom. The van der Waals surface area contributed by atoms with Crippen molar-refractivity contribution in [2.45, 2.75) is 13.2 Å². The van der Waals surface area contributed by atoms with E-state index in [2.05, 4.69) is 19.7 Å². The van der Waals surface area contributed by atoms with E-state index in [1.165, 1.54) is 12.1 Å². The average Bonchev–Trinajstić information content (AvgIpc) is 2.73. The molecule has 0 atom stereocenters. The van der Waals surface area contributed by atoms with Crippen LogP contribution in [0.15, 0.2) is 48.5 Å². The molecule has 0 bridgehead atoms. The van der Waals surface area contributed by atoms with E-state index in [1.54, 1.807) is 12.1 Å². The van der Waals surface area contributed by atoms with Gasteiger partial charge < -0.3 is 24.4 Å². The summed E-state index contributed by atoms with van der Waals surface area (Å²) in [6, 6.07) is 10.5. The third-order valence-corrected chi connectivity index (χ3v) is 4.35. The molecule has 1 aliphatic rings. The lowest BCUT2D eigenvalue weighted by molar-refractivity contribution is -0.111. The van der Waals surface area contributed by atoms with E-state index < -0.39 is 24.9 Å². The first-order chi connectivity index (χ1) is 14.9. The molecule has 1 N–H and O–H groups in total. The molecule has 1 aliphatic heterocycles. The normalized spacial score (nSPS) is 14.3. The standard InChI is InChI=1S/C21H20F4N2O4/c22-20(23)30-17-7-1-14(18(13-17)31-21(24)25)2-8-19(28)26-15-3-5-16(6-4-15)27-9-11-29-12-10-27/h1-8,13,20-21H,9-12H2,(H,26,28)/b8-2+. The van der Waals surface area contributed by atoms with Gasteiger partial charge in [-0.1, -0.05) is 0 Å². The smallest absolute Gasteiger partial charge is 0.387 e. The minimum atomic E-state index is -3.17. The Morgan fingerprint density at radius 2 is 1.68 bits per heavy atom. The van der Waals surface area contributed by atoms with E-state index in [1.807, 2.05) is 12.1 Å². The van der Waals surface area contributed by atoms with E-state index in [0.29, 0.717) is 18.9 Å². The molecule has 10 heteroatoms. The van der Waals surface area contributed by atoms with Gasteiger partial charge in [0.25, 0.3) is 0 Å². The maximum absolute atomic E-state index is 12.6. The van der Waals surface area contributed by atoms with Crippen molar-refractivity contribution in [3.05, 3.63) is 54.1 Å². The lowest BCUT2D eigenvalue weighted by Crippen LogP contribution is -2.36. The van der Waals surface area contributed by atoms with Crippen molar-refractivity contribution >= 4 is 23.4 Å². The number of hydrogen-bond acceptors (Lipinski definition) is 5. The number of carbonyl (C=O) groups is 1. The van der Waals surface area contributed by atoms with Gasteiger partial charge in [0.05, 0.1) is 13.2 Å². The number of amides is 1. The molecule has 0 unspecified atom stereocenters. The molecule has 1 heterocycles. The largest absolute Gasteiger partial charge is 0.435 e. The number of halogens is 4. The number of hydrogen-bond donors (Lipinski definition) is 1. The molecule has 1 saturated heterocycles. The van der Waals surface area contributed by atoms with Gasteiger partial charge in [0.15, 0.2) is 0 Å². The number of nitrogens with one attached hydrogen (secondary N) is 1. The Kier molecular flexibility index (Phi) is 7.71. The van der Waals surface area contributed by atoms with Crippen LogP contribution in [0.4, 0.5) is 28.9 Å². The van der Waals surface area contributed by atoms with Crippen LogP contribution >= 0.6 is 0 Å². The van der Waals surface area contributed by atoms with Gasteiger partial charge in [-0.2, -0.15) is 17.6 Å². The summed E-state index contributed by atoms with van der Waals surface area (Å²) in [6.45, 7) is -3.38. The lowest BCUT2D eigenvalue weighted by atomic mass is 10.1. The first kappa shape index (κ1) is 22.4. The van der Waals surface area contributed by atoms with E-state index in [0.717, 1.165) is 37.0 Å². The number of ether oxygens (including phenoxy) is 3. The SMILES string of the molecule is O=C(/C=C/c1ccc(OC(F)F)cc1OC(F)F)Nc1ccc(N2CCOCC2)cc1. The molecule has 1 fully saturated rings. The maximum atomic E-state index is 12.6. The van der Waals surface area contributed by atoms with Crippen LogP contribution < -0.4 is 19.7 Å². The zero-order valence-electron chi connectivity index (χ0n) is 16.3. The third kappa shape index (κ3) is 6.88. The molecule has 0 radical (unpaired) electrons. The quantitative estimate of drug-likeness (QED) is 0.488. The number of morpholine rings is 1. The molecule has 31 heavy (non-hydrogen) atoms. The van der Waals surface area contributed by atoms with Crippen LogP contribution in [0.2, 0.25) is 0 Å². The number of carbonyl (C=O) groups excluding carboxylic acids is 1. The van der Waals surface area contributed by atoms with Crippen molar-refractivity contribution in [3.8, 4) is 11.5 Å². The van der Waals surface area contributed by atoms with Crippen molar-refractivity contribution in [1.29, 1.82) is 0 Å². The topological polar surface area (TPSA) is 60.0 Å². The van der Waals surface area contributed by atoms with Gasteiger partial charge in [-0.3, -0.25) is 4.79 Å². The predicted molar refractivity (Wildman–Crippen MR) is 107 cm³/mol. The second-order valence-electron chi connectivity index (χ2n) is 6.43. The van der Waals surface area contributed by atoms with Crippen LogP contribution in [0.5, 0.6) is 11.5 Å². The Hall–Kier alpha value is -3.27. The summed E-state index contributed by atoms with van der Waals surface area (Å²) in [6.07, 6.45) is 2.36. The molecule has 0 saturated carbocycles. The van der Waals surface area contributed by atoms with Crippen molar-refractivity contribution in [2.75, 3.05) is 36.5 Å². The van der Waals surface area contributed by atoms with Gasteiger partial charge in [0.2, 0.25) is 5.91 Å². The average molecular weight is 440 g/mol. The fourth-order valence-corrected chi connectivity index (χ4v) is 2.95. The first-order valence-corrected chi connectivity index (χ1v) is 9.36. The minimum absolute atomic E-state index is 0.0970. The summed E-state index contributed by atoms with van der Waals surface area (Å²) in [5.74, 6) is -1.24. The highest BCUT2D eigenvalue weighted by Gasteiger charge is 2.13. The van der Waals surface area contributed by atoms with Gasteiger partial charge in [-0.25, -0.2) is 0 Å². The van der Waals surface area contributed by atoms with Crippen molar-refractivity contribution < 1.29 is 36.6 Å². The molecular weight excluding hydrogens is 420 g/mol. The number of alkyl halides is 4. The van der Waals surface area contributed by atoms with Crippen molar-refractivity contribution in [3.63, 3.8) is 0 Å². The van der Waals surface area contributed by atoms with Crippen LogP contribution in [-0.4, -0.2) is 45.4 Å². The third-order valence-electron chi connectivity index (χ3n) is 4.35. The lowest BCUT2D eigenvalue weighted by Gasteiger charge is -2.28. The first-order valence-electron chi connectivity index (χ1n) is 9.36. The molecule has 6 nitrogen and oxygen atoms in total. The van der Waals surface area contributed by atoms with E-state index >= 15 is 0 Å². The fourth-order valence-electron chi connectivity index (χ4n) is 2.95. The summed E-state index contributed by atoms with van der Waals surface area (Å²) < 4.78 is 63.7. The second-order valence-corrected chi connectivity index (χ2v) is 6.43. The van der Waals surface area contributed by atoms with Crippen LogP contribution in [-0.2, 0) is 9.53 Å².